The molecule has 1 aliphatic rings. The number of rotatable bonds is 3. The van der Waals surface area contributed by atoms with Gasteiger partial charge in [-0.25, -0.2) is 4.79 Å². The van der Waals surface area contributed by atoms with Crippen molar-refractivity contribution >= 4 is 29.3 Å². The molecule has 0 atom stereocenters. The van der Waals surface area contributed by atoms with Gasteiger partial charge in [0.05, 0.1) is 11.4 Å². The fraction of sp³-hybridized carbons (Fsp3) is 0.176. The van der Waals surface area contributed by atoms with Gasteiger partial charge in [0.15, 0.2) is 0 Å². The molecule has 1 amide bonds. The van der Waals surface area contributed by atoms with Crippen LogP contribution in [-0.2, 0) is 9.59 Å². The zero-order chi connectivity index (χ0) is 15.5. The maximum Gasteiger partial charge on any atom is 0.331 e. The Balaban J connectivity index is 1.75. The minimum atomic E-state index is -0.444. The number of hydrogen-bond donors (Lipinski definition) is 0. The molecule has 0 saturated heterocycles. The van der Waals surface area contributed by atoms with Gasteiger partial charge in [0.1, 0.15) is 12.3 Å². The molecule has 5 heteroatoms. The van der Waals surface area contributed by atoms with Crippen LogP contribution in [0.25, 0.3) is 0 Å². The smallest absolute Gasteiger partial charge is 0.331 e. The molecule has 3 rings (SSSR count). The van der Waals surface area contributed by atoms with Gasteiger partial charge in [-0.05, 0) is 36.8 Å². The number of thioether (sulfide) groups is 1. The third-order valence-electron chi connectivity index (χ3n) is 3.32. The average Bonchev–Trinajstić information content (AvgIpc) is 2.50. The lowest BCUT2D eigenvalue weighted by Crippen LogP contribution is -2.40. The predicted molar refractivity (Wildman–Crippen MR) is 86.3 cm³/mol. The summed E-state index contributed by atoms with van der Waals surface area (Å²) in [5.74, 6) is 0.317. The lowest BCUT2D eigenvalue weighted by atomic mass is 10.2. The molecule has 2 aromatic carbocycles. The maximum absolute atomic E-state index is 12.1. The second-order valence-electron chi connectivity index (χ2n) is 5.03. The topological polar surface area (TPSA) is 46.6 Å². The van der Waals surface area contributed by atoms with E-state index in [1.165, 1.54) is 16.7 Å². The van der Waals surface area contributed by atoms with E-state index < -0.39 is 5.97 Å². The number of carbonyl (C=O) groups is 2. The molecule has 0 spiro atoms. The quantitative estimate of drug-likeness (QED) is 0.645. The monoisotopic (exact) mass is 313 g/mol. The van der Waals surface area contributed by atoms with E-state index in [4.69, 9.17) is 4.74 Å². The Hall–Kier alpha value is -2.27. The molecule has 0 bridgehead atoms. The summed E-state index contributed by atoms with van der Waals surface area (Å²) in [5.41, 5.74) is 1.78. The predicted octanol–water partition coefficient (Wildman–Crippen LogP) is 3.04. The van der Waals surface area contributed by atoms with Crippen LogP contribution in [0.5, 0.6) is 5.75 Å². The summed E-state index contributed by atoms with van der Waals surface area (Å²) in [6, 6.07) is 14.9. The normalized spacial score (nSPS) is 13.7. The molecule has 22 heavy (non-hydrogen) atoms. The van der Waals surface area contributed by atoms with Gasteiger partial charge in [0, 0.05) is 4.90 Å². The summed E-state index contributed by atoms with van der Waals surface area (Å²) in [7, 11) is 0. The molecule has 2 aromatic rings. The highest BCUT2D eigenvalue weighted by atomic mass is 32.2. The summed E-state index contributed by atoms with van der Waals surface area (Å²) in [6.45, 7) is 1.85. The number of anilines is 1. The van der Waals surface area contributed by atoms with E-state index in [2.05, 4.69) is 0 Å². The lowest BCUT2D eigenvalue weighted by Gasteiger charge is -2.27. The molecule has 112 valence electrons. The van der Waals surface area contributed by atoms with Crippen LogP contribution < -0.4 is 9.64 Å². The van der Waals surface area contributed by atoms with Gasteiger partial charge in [0.2, 0.25) is 5.91 Å². The highest BCUT2D eigenvalue weighted by molar-refractivity contribution is 8.00. The van der Waals surface area contributed by atoms with Crippen molar-refractivity contribution in [1.29, 1.82) is 0 Å². The van der Waals surface area contributed by atoms with Crippen LogP contribution in [-0.4, -0.2) is 24.2 Å². The number of nitrogens with zero attached hydrogens (tertiary/aromatic N) is 1. The van der Waals surface area contributed by atoms with E-state index >= 15 is 0 Å². The van der Waals surface area contributed by atoms with Crippen molar-refractivity contribution in [2.24, 2.45) is 0 Å². The van der Waals surface area contributed by atoms with Crippen molar-refractivity contribution in [2.45, 2.75) is 11.8 Å². The minimum Gasteiger partial charge on any atom is -0.425 e. The Morgan fingerprint density at radius 1 is 1.23 bits per heavy atom. The average molecular weight is 313 g/mol. The van der Waals surface area contributed by atoms with Crippen LogP contribution in [0.15, 0.2) is 53.4 Å². The molecule has 1 heterocycles. The highest BCUT2D eigenvalue weighted by Gasteiger charge is 2.26. The highest BCUT2D eigenvalue weighted by Crippen LogP contribution is 2.34. The number of benzene rings is 2. The summed E-state index contributed by atoms with van der Waals surface area (Å²) >= 11 is 1.49. The molecule has 4 nitrogen and oxygen atoms in total. The van der Waals surface area contributed by atoms with Crippen molar-refractivity contribution in [2.75, 3.05) is 17.2 Å². The Kier molecular flexibility index (Phi) is 4.15. The summed E-state index contributed by atoms with van der Waals surface area (Å²) in [5, 5.41) is 0. The van der Waals surface area contributed by atoms with Gasteiger partial charge in [-0.2, -0.15) is 0 Å². The van der Waals surface area contributed by atoms with E-state index in [9.17, 15) is 9.59 Å². The number of fused-ring (bicyclic) bond motifs is 1. The molecule has 0 saturated carbocycles. The molecule has 0 N–H and O–H groups in total. The Labute approximate surface area is 133 Å². The van der Waals surface area contributed by atoms with Crippen molar-refractivity contribution in [3.05, 3.63) is 54.1 Å². The molecule has 0 aliphatic carbocycles. The first-order valence-electron chi connectivity index (χ1n) is 6.93. The standard InChI is InChI=1S/C17H15NO3S/c1-12-5-4-6-13(9-12)21-17(20)10-18-14-7-2-3-8-15(14)22-11-16(18)19/h2-9H,10-11H2,1H3. The van der Waals surface area contributed by atoms with Gasteiger partial charge in [-0.3, -0.25) is 9.69 Å². The van der Waals surface area contributed by atoms with Crippen molar-refractivity contribution in [1.82, 2.24) is 0 Å². The number of para-hydroxylation sites is 1. The van der Waals surface area contributed by atoms with E-state index in [1.54, 1.807) is 12.1 Å². The third kappa shape index (κ3) is 3.14. The van der Waals surface area contributed by atoms with Crippen molar-refractivity contribution < 1.29 is 14.3 Å². The van der Waals surface area contributed by atoms with E-state index in [-0.39, 0.29) is 12.5 Å². The van der Waals surface area contributed by atoms with Crippen molar-refractivity contribution in [3.63, 3.8) is 0 Å². The number of carbonyl (C=O) groups excluding carboxylic acids is 2. The van der Waals surface area contributed by atoms with Gasteiger partial charge in [-0.15, -0.1) is 11.8 Å². The molecular formula is C17H15NO3S. The minimum absolute atomic E-state index is 0.0788. The molecule has 0 unspecified atom stereocenters. The lowest BCUT2D eigenvalue weighted by molar-refractivity contribution is -0.134. The van der Waals surface area contributed by atoms with Crippen LogP contribution in [0.1, 0.15) is 5.56 Å². The van der Waals surface area contributed by atoms with Crippen LogP contribution in [0.4, 0.5) is 5.69 Å². The van der Waals surface area contributed by atoms with Gasteiger partial charge in [0.25, 0.3) is 0 Å². The van der Waals surface area contributed by atoms with Crippen LogP contribution in [0, 0.1) is 6.92 Å². The zero-order valence-electron chi connectivity index (χ0n) is 12.1. The number of hydrogen-bond acceptors (Lipinski definition) is 4. The first-order valence-corrected chi connectivity index (χ1v) is 7.91. The maximum atomic E-state index is 12.1. The molecular weight excluding hydrogens is 298 g/mol. The number of amides is 1. The molecule has 0 fully saturated rings. The Bertz CT molecular complexity index is 729. The fourth-order valence-electron chi connectivity index (χ4n) is 2.30. The largest absolute Gasteiger partial charge is 0.425 e. The Morgan fingerprint density at radius 2 is 2.05 bits per heavy atom. The first-order chi connectivity index (χ1) is 10.6. The van der Waals surface area contributed by atoms with Crippen molar-refractivity contribution in [3.8, 4) is 5.75 Å². The van der Waals surface area contributed by atoms with Crippen LogP contribution in [0.3, 0.4) is 0 Å². The van der Waals surface area contributed by atoms with Gasteiger partial charge in [-0.1, -0.05) is 24.3 Å². The number of esters is 1. The number of aryl methyl sites for hydroxylation is 1. The SMILES string of the molecule is Cc1cccc(OC(=O)CN2C(=O)CSc3ccccc32)c1. The molecule has 0 radical (unpaired) electrons. The third-order valence-corrected chi connectivity index (χ3v) is 4.36. The molecule has 0 aromatic heterocycles. The first kappa shape index (κ1) is 14.7. The fourth-order valence-corrected chi connectivity index (χ4v) is 3.23. The van der Waals surface area contributed by atoms with E-state index in [0.717, 1.165) is 16.1 Å². The van der Waals surface area contributed by atoms with Gasteiger partial charge < -0.3 is 4.74 Å². The van der Waals surface area contributed by atoms with Crippen LogP contribution >= 0.6 is 11.8 Å². The molecule has 1 aliphatic heterocycles. The summed E-state index contributed by atoms with van der Waals surface area (Å²) in [4.78, 5) is 26.7. The zero-order valence-corrected chi connectivity index (χ0v) is 12.9. The van der Waals surface area contributed by atoms with E-state index in [0.29, 0.717) is 11.5 Å². The van der Waals surface area contributed by atoms with E-state index in [1.807, 2.05) is 43.3 Å². The number of ether oxygens (including phenoxy) is 1. The summed E-state index contributed by atoms with van der Waals surface area (Å²) < 4.78 is 5.32. The van der Waals surface area contributed by atoms with Gasteiger partial charge >= 0.3 is 5.97 Å². The summed E-state index contributed by atoms with van der Waals surface area (Å²) in [6.07, 6.45) is 0. The van der Waals surface area contributed by atoms with Crippen LogP contribution in [0.2, 0.25) is 0 Å². The second-order valence-corrected chi connectivity index (χ2v) is 6.04. The Morgan fingerprint density at radius 3 is 2.86 bits per heavy atom. The second kappa shape index (κ2) is 6.23.